The molecule has 2 amide bonds. The lowest BCUT2D eigenvalue weighted by molar-refractivity contribution is -0.121. The summed E-state index contributed by atoms with van der Waals surface area (Å²) >= 11 is 0. The van der Waals surface area contributed by atoms with E-state index in [1.54, 1.807) is 45.0 Å². The zero-order valence-electron chi connectivity index (χ0n) is 19.6. The quantitative estimate of drug-likeness (QED) is 0.590. The van der Waals surface area contributed by atoms with Gasteiger partial charge in [-0.2, -0.15) is 0 Å². The van der Waals surface area contributed by atoms with E-state index in [1.165, 1.54) is 24.3 Å². The molecular weight excluding hydrogens is 445 g/mol. The number of hydrogen-bond acceptors (Lipinski definition) is 4. The van der Waals surface area contributed by atoms with Gasteiger partial charge in [0, 0.05) is 6.54 Å². The van der Waals surface area contributed by atoms with E-state index in [4.69, 9.17) is 9.88 Å². The number of halogens is 1. The number of alkyl carbamates (subject to hydrolysis) is 1. The van der Waals surface area contributed by atoms with Crippen LogP contribution in [0.1, 0.15) is 41.0 Å². The second-order valence-electron chi connectivity index (χ2n) is 9.25. The predicted molar refractivity (Wildman–Crippen MR) is 127 cm³/mol. The molecule has 2 aromatic rings. The van der Waals surface area contributed by atoms with Gasteiger partial charge in [0.2, 0.25) is 0 Å². The second kappa shape index (κ2) is 10.9. The van der Waals surface area contributed by atoms with Crippen molar-refractivity contribution in [3.8, 4) is 11.1 Å². The Morgan fingerprint density at radius 3 is 2.30 bits per heavy atom. The summed E-state index contributed by atoms with van der Waals surface area (Å²) in [5, 5.41) is 8.55. The Morgan fingerprint density at radius 2 is 1.73 bits per heavy atom. The minimum absolute atomic E-state index is 0.0196. The average molecular weight is 478 g/mol. The molecule has 0 aliphatic rings. The third-order valence-corrected chi connectivity index (χ3v) is 5.93. The van der Waals surface area contributed by atoms with Gasteiger partial charge in [-0.1, -0.05) is 38.1 Å². The lowest BCUT2D eigenvalue weighted by atomic mass is 9.96. The first kappa shape index (κ1) is 26.5. The van der Waals surface area contributed by atoms with Gasteiger partial charge in [0.05, 0.1) is 10.8 Å². The molecule has 7 nitrogen and oxygen atoms in total. The van der Waals surface area contributed by atoms with Gasteiger partial charge in [-0.25, -0.2) is 18.5 Å². The Bertz CT molecular complexity index is 1120. The van der Waals surface area contributed by atoms with Gasteiger partial charge < -0.3 is 10.1 Å². The fourth-order valence-electron chi connectivity index (χ4n) is 3.15. The molecule has 2 atom stereocenters. The molecular formula is C24H32FN3O4S. The Hall–Kier alpha value is -2.78. The van der Waals surface area contributed by atoms with Crippen molar-refractivity contribution in [1.82, 2.24) is 5.32 Å². The number of nitrogens with zero attached hydrogens (tertiary/aromatic N) is 1. The van der Waals surface area contributed by atoms with Crippen LogP contribution in [0, 0.1) is 17.7 Å². The van der Waals surface area contributed by atoms with Crippen LogP contribution in [-0.4, -0.2) is 28.4 Å². The summed E-state index contributed by atoms with van der Waals surface area (Å²) in [5.74, 6) is -1.66. The topological polar surface area (TPSA) is 111 Å². The Labute approximate surface area is 195 Å². The summed E-state index contributed by atoms with van der Waals surface area (Å²) in [6.45, 7) is 9.04. The van der Waals surface area contributed by atoms with Crippen LogP contribution in [0.15, 0.2) is 57.8 Å². The van der Waals surface area contributed by atoms with Crippen LogP contribution in [0.25, 0.3) is 11.1 Å². The van der Waals surface area contributed by atoms with Gasteiger partial charge in [0.25, 0.3) is 5.91 Å². The Kier molecular flexibility index (Phi) is 8.74. The summed E-state index contributed by atoms with van der Waals surface area (Å²) in [6, 6.07) is 12.3. The van der Waals surface area contributed by atoms with E-state index in [2.05, 4.69) is 9.68 Å². The number of carbonyl (C=O) groups is 2. The van der Waals surface area contributed by atoms with Gasteiger partial charge in [-0.15, -0.1) is 4.36 Å². The highest BCUT2D eigenvalue weighted by Crippen LogP contribution is 2.24. The number of benzene rings is 2. The zero-order valence-corrected chi connectivity index (χ0v) is 20.4. The van der Waals surface area contributed by atoms with Gasteiger partial charge in [0.15, 0.2) is 0 Å². The van der Waals surface area contributed by atoms with Crippen LogP contribution in [0.3, 0.4) is 0 Å². The van der Waals surface area contributed by atoms with E-state index in [9.17, 15) is 18.2 Å². The van der Waals surface area contributed by atoms with E-state index < -0.39 is 39.3 Å². The third-order valence-electron chi connectivity index (χ3n) is 4.55. The molecule has 0 aliphatic carbocycles. The van der Waals surface area contributed by atoms with E-state index in [1.807, 2.05) is 13.8 Å². The van der Waals surface area contributed by atoms with E-state index in [0.717, 1.165) is 0 Å². The molecule has 9 heteroatoms. The van der Waals surface area contributed by atoms with Gasteiger partial charge in [-0.3, -0.25) is 4.79 Å². The monoisotopic (exact) mass is 477 g/mol. The highest BCUT2D eigenvalue weighted by atomic mass is 32.2. The molecule has 0 fully saturated rings. The molecule has 0 saturated carbocycles. The molecule has 0 aliphatic heterocycles. The van der Waals surface area contributed by atoms with Crippen molar-refractivity contribution in [2.75, 3.05) is 6.54 Å². The second-order valence-corrected chi connectivity index (χ2v) is 11.0. The number of nitrogens with two attached hydrogens (primary N) is 1. The van der Waals surface area contributed by atoms with Gasteiger partial charge >= 0.3 is 6.09 Å². The predicted octanol–water partition coefficient (Wildman–Crippen LogP) is 4.91. The minimum Gasteiger partial charge on any atom is -0.444 e. The largest absolute Gasteiger partial charge is 0.444 e. The fraction of sp³-hybridized carbons (Fsp3) is 0.417. The zero-order chi connectivity index (χ0) is 24.8. The molecule has 2 unspecified atom stereocenters. The summed E-state index contributed by atoms with van der Waals surface area (Å²) < 4.78 is 35.8. The number of hydrogen-bond donors (Lipinski definition) is 2. The fourth-order valence-corrected chi connectivity index (χ4v) is 4.24. The number of amides is 2. The van der Waals surface area contributed by atoms with E-state index in [-0.39, 0.29) is 17.4 Å². The van der Waals surface area contributed by atoms with E-state index >= 15 is 0 Å². The average Bonchev–Trinajstić information content (AvgIpc) is 2.69. The van der Waals surface area contributed by atoms with Crippen LogP contribution in [0.5, 0.6) is 0 Å². The lowest BCUT2D eigenvalue weighted by Gasteiger charge is -2.21. The first-order valence-corrected chi connectivity index (χ1v) is 12.3. The van der Waals surface area contributed by atoms with Crippen LogP contribution < -0.4 is 10.5 Å². The highest BCUT2D eigenvalue weighted by Gasteiger charge is 2.24. The summed E-state index contributed by atoms with van der Waals surface area (Å²) in [4.78, 5) is 25.0. The first-order valence-electron chi connectivity index (χ1n) is 10.7. The van der Waals surface area contributed by atoms with Crippen LogP contribution in [-0.2, 0) is 19.4 Å². The first-order chi connectivity index (χ1) is 15.3. The third kappa shape index (κ3) is 8.58. The molecule has 0 saturated heterocycles. The van der Waals surface area contributed by atoms with Crippen molar-refractivity contribution in [2.24, 2.45) is 21.3 Å². The van der Waals surface area contributed by atoms with Crippen molar-refractivity contribution in [1.29, 1.82) is 0 Å². The van der Waals surface area contributed by atoms with Crippen molar-refractivity contribution >= 4 is 21.9 Å². The van der Waals surface area contributed by atoms with Gasteiger partial charge in [-0.05, 0) is 68.5 Å². The summed E-state index contributed by atoms with van der Waals surface area (Å²) in [6.07, 6.45) is -0.239. The number of nitrogens with one attached hydrogen (secondary N) is 1. The van der Waals surface area contributed by atoms with Crippen LogP contribution in [0.4, 0.5) is 9.18 Å². The summed E-state index contributed by atoms with van der Waals surface area (Å²) in [7, 11) is -3.56. The number of ether oxygens (including phenoxy) is 1. The molecule has 0 aromatic heterocycles. The maximum Gasteiger partial charge on any atom is 0.407 e. The molecule has 3 N–H and O–H groups in total. The Balaban J connectivity index is 2.27. The van der Waals surface area contributed by atoms with Crippen molar-refractivity contribution in [3.63, 3.8) is 0 Å². The lowest BCUT2D eigenvalue weighted by Crippen LogP contribution is -2.37. The molecule has 0 heterocycles. The van der Waals surface area contributed by atoms with Crippen molar-refractivity contribution in [2.45, 2.75) is 51.5 Å². The molecule has 0 spiro atoms. The molecule has 33 heavy (non-hydrogen) atoms. The van der Waals surface area contributed by atoms with Crippen molar-refractivity contribution in [3.05, 3.63) is 54.3 Å². The van der Waals surface area contributed by atoms with Gasteiger partial charge in [0.1, 0.15) is 21.3 Å². The van der Waals surface area contributed by atoms with Crippen molar-refractivity contribution < 1.29 is 22.9 Å². The normalized spacial score (nSPS) is 14.3. The van der Waals surface area contributed by atoms with Crippen LogP contribution >= 0.6 is 0 Å². The molecule has 180 valence electrons. The SMILES string of the molecule is CC(C)CC(CNC(=O)OC(C)(C)C)C(=O)N=S(N)(=O)c1cccc(-c2cccc(F)c2)c1. The standard InChI is InChI=1S/C24H32FN3O4S/c1-16(2)12-19(15-27-23(30)32-24(3,4)5)22(29)28-33(26,31)21-11-7-9-18(14-21)17-8-6-10-20(25)13-17/h6-11,13-14,16,19H,12,15H2,1-5H3,(H,27,30)(H2,26,28,29,31). The molecule has 0 bridgehead atoms. The smallest absolute Gasteiger partial charge is 0.407 e. The molecule has 2 aromatic carbocycles. The highest BCUT2D eigenvalue weighted by molar-refractivity contribution is 7.91. The molecule has 0 radical (unpaired) electrons. The minimum atomic E-state index is -3.56. The maximum atomic E-state index is 13.6. The molecule has 2 rings (SSSR count). The summed E-state index contributed by atoms with van der Waals surface area (Å²) in [5.41, 5.74) is 0.500. The Morgan fingerprint density at radius 1 is 1.12 bits per heavy atom. The number of rotatable bonds is 7. The van der Waals surface area contributed by atoms with E-state index in [0.29, 0.717) is 17.5 Å². The van der Waals surface area contributed by atoms with Crippen LogP contribution in [0.2, 0.25) is 0 Å². The number of carbonyl (C=O) groups excluding carboxylic acids is 2. The maximum absolute atomic E-state index is 13.6.